The zero-order valence-corrected chi connectivity index (χ0v) is 16.7. The summed E-state index contributed by atoms with van der Waals surface area (Å²) in [6.45, 7) is 4.33. The molecule has 1 aliphatic heterocycles. The summed E-state index contributed by atoms with van der Waals surface area (Å²) in [6, 6.07) is 16.3. The number of esters is 1. The molecule has 29 heavy (non-hydrogen) atoms. The Morgan fingerprint density at radius 2 is 1.79 bits per heavy atom. The van der Waals surface area contributed by atoms with Gasteiger partial charge in [0.1, 0.15) is 5.75 Å². The number of hydrogen-bond donors (Lipinski definition) is 0. The van der Waals surface area contributed by atoms with Gasteiger partial charge in [0.2, 0.25) is 5.91 Å². The maximum absolute atomic E-state index is 12.4. The van der Waals surface area contributed by atoms with Crippen LogP contribution in [0.3, 0.4) is 0 Å². The van der Waals surface area contributed by atoms with E-state index >= 15 is 0 Å². The lowest BCUT2D eigenvalue weighted by atomic mass is 10.1. The van der Waals surface area contributed by atoms with Crippen molar-refractivity contribution in [1.29, 1.82) is 0 Å². The fourth-order valence-corrected chi connectivity index (χ4v) is 3.42. The second-order valence-electron chi connectivity index (χ2n) is 7.02. The number of carbonyl (C=O) groups is 3. The molecule has 152 valence electrons. The average molecular weight is 395 g/mol. The van der Waals surface area contributed by atoms with Crippen LogP contribution < -0.4 is 4.74 Å². The van der Waals surface area contributed by atoms with Gasteiger partial charge in [-0.2, -0.15) is 0 Å². The van der Waals surface area contributed by atoms with Crippen molar-refractivity contribution in [3.8, 4) is 5.75 Å². The Labute approximate surface area is 170 Å². The Morgan fingerprint density at radius 3 is 2.45 bits per heavy atom. The van der Waals surface area contributed by atoms with E-state index in [4.69, 9.17) is 9.47 Å². The van der Waals surface area contributed by atoms with Crippen LogP contribution in [0.15, 0.2) is 54.6 Å². The van der Waals surface area contributed by atoms with Crippen LogP contribution in [0.2, 0.25) is 0 Å². The van der Waals surface area contributed by atoms with Gasteiger partial charge in [0.05, 0.1) is 18.6 Å². The third-order valence-electron chi connectivity index (χ3n) is 5.07. The van der Waals surface area contributed by atoms with E-state index in [9.17, 15) is 14.4 Å². The zero-order chi connectivity index (χ0) is 20.8. The van der Waals surface area contributed by atoms with Crippen molar-refractivity contribution in [1.82, 2.24) is 4.90 Å². The van der Waals surface area contributed by atoms with Crippen molar-refractivity contribution >= 4 is 17.7 Å². The van der Waals surface area contributed by atoms with Gasteiger partial charge in [-0.05, 0) is 43.7 Å². The number of carbonyl (C=O) groups excluding carboxylic acids is 3. The van der Waals surface area contributed by atoms with E-state index in [1.54, 1.807) is 29.2 Å². The standard InChI is InChI=1S/C23H25NO5/c1-3-28-20-11-9-18(10-12-20)21(25)15-29-23(27)19-13-22(26)24(14-19)16(2)17-7-5-4-6-8-17/h4-12,16,19H,3,13-15H2,1-2H3/t16-,19-/m1/s1. The molecule has 0 N–H and O–H groups in total. The number of rotatable bonds is 8. The molecular weight excluding hydrogens is 370 g/mol. The average Bonchev–Trinajstić information content (AvgIpc) is 3.14. The molecule has 0 aromatic heterocycles. The molecule has 0 aliphatic carbocycles. The molecule has 0 bridgehead atoms. The Hall–Kier alpha value is -3.15. The van der Waals surface area contributed by atoms with E-state index in [1.165, 1.54) is 0 Å². The summed E-state index contributed by atoms with van der Waals surface area (Å²) in [5.74, 6) is -0.762. The first-order valence-corrected chi connectivity index (χ1v) is 9.76. The SMILES string of the molecule is CCOc1ccc(C(=O)COC(=O)[C@@H]2CC(=O)N([C@H](C)c3ccccc3)C2)cc1. The first kappa shape index (κ1) is 20.6. The monoisotopic (exact) mass is 395 g/mol. The second-order valence-corrected chi connectivity index (χ2v) is 7.02. The number of benzene rings is 2. The van der Waals surface area contributed by atoms with Crippen LogP contribution in [0.25, 0.3) is 0 Å². The fraction of sp³-hybridized carbons (Fsp3) is 0.348. The third-order valence-corrected chi connectivity index (χ3v) is 5.07. The maximum Gasteiger partial charge on any atom is 0.311 e. The summed E-state index contributed by atoms with van der Waals surface area (Å²) in [7, 11) is 0. The predicted molar refractivity (Wildman–Crippen MR) is 108 cm³/mol. The summed E-state index contributed by atoms with van der Waals surface area (Å²) in [5.41, 5.74) is 1.46. The fourth-order valence-electron chi connectivity index (χ4n) is 3.42. The molecule has 6 heteroatoms. The van der Waals surface area contributed by atoms with Gasteiger partial charge in [0, 0.05) is 18.5 Å². The highest BCUT2D eigenvalue weighted by atomic mass is 16.5. The molecular formula is C23H25NO5. The summed E-state index contributed by atoms with van der Waals surface area (Å²) in [5, 5.41) is 0. The van der Waals surface area contributed by atoms with E-state index in [0.29, 0.717) is 24.5 Å². The van der Waals surface area contributed by atoms with E-state index in [-0.39, 0.29) is 30.8 Å². The number of ether oxygens (including phenoxy) is 2. The van der Waals surface area contributed by atoms with E-state index in [2.05, 4.69) is 0 Å². The number of nitrogens with zero attached hydrogens (tertiary/aromatic N) is 1. The number of likely N-dealkylation sites (tertiary alicyclic amines) is 1. The van der Waals surface area contributed by atoms with Crippen molar-refractivity contribution in [2.45, 2.75) is 26.3 Å². The van der Waals surface area contributed by atoms with E-state index in [1.807, 2.05) is 44.2 Å². The molecule has 2 aromatic carbocycles. The molecule has 1 aliphatic rings. The minimum atomic E-state index is -0.554. The lowest BCUT2D eigenvalue weighted by molar-refractivity contribution is -0.147. The van der Waals surface area contributed by atoms with Crippen LogP contribution in [0, 0.1) is 5.92 Å². The highest BCUT2D eigenvalue weighted by Crippen LogP contribution is 2.29. The van der Waals surface area contributed by atoms with Crippen molar-refractivity contribution in [3.05, 3.63) is 65.7 Å². The lowest BCUT2D eigenvalue weighted by Gasteiger charge is -2.25. The lowest BCUT2D eigenvalue weighted by Crippen LogP contribution is -2.30. The third kappa shape index (κ3) is 5.02. The van der Waals surface area contributed by atoms with Crippen LogP contribution in [-0.2, 0) is 14.3 Å². The molecule has 0 spiro atoms. The minimum Gasteiger partial charge on any atom is -0.494 e. The molecule has 1 amide bonds. The van der Waals surface area contributed by atoms with E-state index in [0.717, 1.165) is 5.56 Å². The molecule has 3 rings (SSSR count). The van der Waals surface area contributed by atoms with Crippen LogP contribution in [0.4, 0.5) is 0 Å². The van der Waals surface area contributed by atoms with Gasteiger partial charge in [-0.1, -0.05) is 30.3 Å². The predicted octanol–water partition coefficient (Wildman–Crippen LogP) is 3.42. The van der Waals surface area contributed by atoms with Gasteiger partial charge < -0.3 is 14.4 Å². The number of ketones is 1. The topological polar surface area (TPSA) is 72.9 Å². The molecule has 0 unspecified atom stereocenters. The van der Waals surface area contributed by atoms with Crippen LogP contribution >= 0.6 is 0 Å². The molecule has 1 fully saturated rings. The van der Waals surface area contributed by atoms with Gasteiger partial charge in [-0.25, -0.2) is 0 Å². The van der Waals surface area contributed by atoms with Gasteiger partial charge in [0.15, 0.2) is 12.4 Å². The van der Waals surface area contributed by atoms with Crippen LogP contribution in [0.1, 0.15) is 42.2 Å². The molecule has 2 atom stereocenters. The number of hydrogen-bond acceptors (Lipinski definition) is 5. The van der Waals surface area contributed by atoms with Crippen LogP contribution in [0.5, 0.6) is 5.75 Å². The zero-order valence-electron chi connectivity index (χ0n) is 16.7. The molecule has 0 radical (unpaired) electrons. The minimum absolute atomic E-state index is 0.0823. The van der Waals surface area contributed by atoms with Gasteiger partial charge >= 0.3 is 5.97 Å². The second kappa shape index (κ2) is 9.37. The quantitative estimate of drug-likeness (QED) is 0.506. The van der Waals surface area contributed by atoms with Crippen molar-refractivity contribution in [3.63, 3.8) is 0 Å². The van der Waals surface area contributed by atoms with Gasteiger partial charge in [-0.3, -0.25) is 14.4 Å². The summed E-state index contributed by atoms with van der Waals surface area (Å²) in [6.07, 6.45) is 0.104. The Kier molecular flexibility index (Phi) is 6.65. The highest BCUT2D eigenvalue weighted by molar-refractivity contribution is 5.98. The van der Waals surface area contributed by atoms with Crippen molar-refractivity contribution < 1.29 is 23.9 Å². The number of amides is 1. The first-order chi connectivity index (χ1) is 14.0. The highest BCUT2D eigenvalue weighted by Gasteiger charge is 2.38. The van der Waals surface area contributed by atoms with Gasteiger partial charge in [0.25, 0.3) is 0 Å². The molecule has 0 saturated carbocycles. The summed E-state index contributed by atoms with van der Waals surface area (Å²) >= 11 is 0. The molecule has 1 heterocycles. The molecule has 6 nitrogen and oxygen atoms in total. The number of Topliss-reactive ketones (excluding diaryl/α,β-unsaturated/α-hetero) is 1. The normalized spacial score (nSPS) is 17.1. The molecule has 2 aromatic rings. The van der Waals surface area contributed by atoms with Crippen molar-refractivity contribution in [2.24, 2.45) is 5.92 Å². The molecule has 1 saturated heterocycles. The summed E-state index contributed by atoms with van der Waals surface area (Å²) < 4.78 is 10.5. The Bertz CT molecular complexity index is 863. The maximum atomic E-state index is 12.4. The first-order valence-electron chi connectivity index (χ1n) is 9.76. The van der Waals surface area contributed by atoms with Crippen LogP contribution in [-0.4, -0.2) is 42.3 Å². The largest absolute Gasteiger partial charge is 0.494 e. The Morgan fingerprint density at radius 1 is 1.10 bits per heavy atom. The van der Waals surface area contributed by atoms with E-state index < -0.39 is 11.9 Å². The smallest absolute Gasteiger partial charge is 0.311 e. The van der Waals surface area contributed by atoms with Gasteiger partial charge in [-0.15, -0.1) is 0 Å². The Balaban J connectivity index is 1.53. The van der Waals surface area contributed by atoms with Crippen molar-refractivity contribution in [2.75, 3.05) is 19.8 Å². The summed E-state index contributed by atoms with van der Waals surface area (Å²) in [4.78, 5) is 38.7.